The molecule has 2 amide bonds. The largest absolute Gasteiger partial charge is 0.377 e. The summed E-state index contributed by atoms with van der Waals surface area (Å²) >= 11 is 11.9. The molecule has 1 aromatic rings. The number of benzene rings is 1. The summed E-state index contributed by atoms with van der Waals surface area (Å²) in [4.78, 5) is 25.7. The lowest BCUT2D eigenvalue weighted by atomic mass is 10.2. The summed E-state index contributed by atoms with van der Waals surface area (Å²) in [6, 6.07) is 6.52. The number of hydrogen-bond donors (Lipinski definition) is 1. The molecule has 0 bridgehead atoms. The van der Waals surface area contributed by atoms with Gasteiger partial charge in [0.25, 0.3) is 11.8 Å². The predicted octanol–water partition coefficient (Wildman–Crippen LogP) is 2.43. The minimum Gasteiger partial charge on any atom is -0.377 e. The van der Waals surface area contributed by atoms with Gasteiger partial charge < -0.3 is 10.1 Å². The van der Waals surface area contributed by atoms with Gasteiger partial charge in [-0.1, -0.05) is 29.3 Å². The second-order valence-corrected chi connectivity index (χ2v) is 5.94. The molecule has 0 aromatic heterocycles. The lowest BCUT2D eigenvalue weighted by Crippen LogP contribution is -2.35. The Balaban J connectivity index is 1.77. The van der Waals surface area contributed by atoms with E-state index in [1.54, 1.807) is 24.3 Å². The molecule has 0 radical (unpaired) electrons. The van der Waals surface area contributed by atoms with E-state index < -0.39 is 11.8 Å². The van der Waals surface area contributed by atoms with Gasteiger partial charge in [0.1, 0.15) is 10.7 Å². The lowest BCUT2D eigenvalue weighted by molar-refractivity contribution is -0.120. The zero-order valence-corrected chi connectivity index (χ0v) is 13.2. The number of anilines is 1. The third kappa shape index (κ3) is 2.84. The predicted molar refractivity (Wildman–Crippen MR) is 83.8 cm³/mol. The number of rotatable bonds is 4. The van der Waals surface area contributed by atoms with Gasteiger partial charge in [0, 0.05) is 18.2 Å². The maximum atomic E-state index is 12.5. The van der Waals surface area contributed by atoms with Crippen molar-refractivity contribution in [3.8, 4) is 0 Å². The number of amides is 2. The molecule has 2 heterocycles. The van der Waals surface area contributed by atoms with Gasteiger partial charge in [-0.3, -0.25) is 9.59 Å². The smallest absolute Gasteiger partial charge is 0.283 e. The number of nitrogens with one attached hydrogen (secondary N) is 1. The van der Waals surface area contributed by atoms with Crippen molar-refractivity contribution in [2.75, 3.05) is 18.1 Å². The van der Waals surface area contributed by atoms with Crippen molar-refractivity contribution >= 4 is 40.7 Å². The molecule has 1 saturated heterocycles. The minimum absolute atomic E-state index is 0.0417. The number of hydrogen-bond acceptors (Lipinski definition) is 4. The molecule has 2 aliphatic heterocycles. The SMILES string of the molecule is O=C1C(Cl)=C(NCC2CCCO2)C(=O)N1c1cccc(Cl)c1. The van der Waals surface area contributed by atoms with Gasteiger partial charge >= 0.3 is 0 Å². The van der Waals surface area contributed by atoms with Gasteiger partial charge in [0.05, 0.1) is 11.8 Å². The Morgan fingerprint density at radius 2 is 2.09 bits per heavy atom. The summed E-state index contributed by atoms with van der Waals surface area (Å²) in [5.74, 6) is -1.03. The zero-order valence-electron chi connectivity index (χ0n) is 11.6. The van der Waals surface area contributed by atoms with Crippen LogP contribution in [-0.2, 0) is 14.3 Å². The topological polar surface area (TPSA) is 58.6 Å². The van der Waals surface area contributed by atoms with Crippen LogP contribution in [0.2, 0.25) is 5.02 Å². The molecule has 3 rings (SSSR count). The van der Waals surface area contributed by atoms with Gasteiger partial charge in [-0.2, -0.15) is 0 Å². The summed E-state index contributed by atoms with van der Waals surface area (Å²) in [6.45, 7) is 1.18. The van der Waals surface area contributed by atoms with Gasteiger partial charge in [0.15, 0.2) is 0 Å². The highest BCUT2D eigenvalue weighted by Gasteiger charge is 2.39. The van der Waals surface area contributed by atoms with Gasteiger partial charge in [0.2, 0.25) is 0 Å². The molecule has 1 unspecified atom stereocenters. The van der Waals surface area contributed by atoms with Crippen molar-refractivity contribution in [2.45, 2.75) is 18.9 Å². The van der Waals surface area contributed by atoms with Crippen LogP contribution in [0.5, 0.6) is 0 Å². The molecule has 2 aliphatic rings. The van der Waals surface area contributed by atoms with Crippen LogP contribution in [0.1, 0.15) is 12.8 Å². The second-order valence-electron chi connectivity index (χ2n) is 5.13. The van der Waals surface area contributed by atoms with Crippen LogP contribution in [0.25, 0.3) is 0 Å². The first-order valence-electron chi connectivity index (χ1n) is 6.97. The fourth-order valence-corrected chi connectivity index (χ4v) is 2.94. The van der Waals surface area contributed by atoms with Crippen molar-refractivity contribution in [1.29, 1.82) is 0 Å². The van der Waals surface area contributed by atoms with Crippen molar-refractivity contribution in [3.05, 3.63) is 40.0 Å². The molecule has 1 N–H and O–H groups in total. The highest BCUT2D eigenvalue weighted by Crippen LogP contribution is 2.29. The maximum absolute atomic E-state index is 12.5. The van der Waals surface area contributed by atoms with E-state index in [4.69, 9.17) is 27.9 Å². The molecular weight excluding hydrogens is 327 g/mol. The average Bonchev–Trinajstić information content (AvgIpc) is 3.07. The quantitative estimate of drug-likeness (QED) is 0.855. The van der Waals surface area contributed by atoms with Crippen LogP contribution < -0.4 is 10.2 Å². The molecule has 7 heteroatoms. The fraction of sp³-hybridized carbons (Fsp3) is 0.333. The van der Waals surface area contributed by atoms with Crippen LogP contribution in [0.3, 0.4) is 0 Å². The number of imide groups is 1. The first kappa shape index (κ1) is 15.3. The molecule has 1 aromatic carbocycles. The molecule has 5 nitrogen and oxygen atoms in total. The van der Waals surface area contributed by atoms with E-state index in [2.05, 4.69) is 5.32 Å². The van der Waals surface area contributed by atoms with Crippen LogP contribution in [0.4, 0.5) is 5.69 Å². The molecule has 0 aliphatic carbocycles. The summed E-state index contributed by atoms with van der Waals surface area (Å²) in [6.07, 6.45) is 1.97. The van der Waals surface area contributed by atoms with E-state index in [1.807, 2.05) is 0 Å². The number of ether oxygens (including phenoxy) is 1. The Hall–Kier alpha value is -1.56. The molecular formula is C15H14Cl2N2O3. The second kappa shape index (κ2) is 6.28. The lowest BCUT2D eigenvalue weighted by Gasteiger charge is -2.16. The molecule has 0 spiro atoms. The summed E-state index contributed by atoms with van der Waals surface area (Å²) in [5.41, 5.74) is 0.511. The van der Waals surface area contributed by atoms with Crippen molar-refractivity contribution in [3.63, 3.8) is 0 Å². The number of nitrogens with zero attached hydrogens (tertiary/aromatic N) is 1. The van der Waals surface area contributed by atoms with Crippen molar-refractivity contribution in [1.82, 2.24) is 5.32 Å². The number of carbonyl (C=O) groups is 2. The van der Waals surface area contributed by atoms with Gasteiger partial charge in [-0.25, -0.2) is 4.90 Å². The van der Waals surface area contributed by atoms with E-state index in [-0.39, 0.29) is 16.8 Å². The van der Waals surface area contributed by atoms with Crippen LogP contribution >= 0.6 is 23.2 Å². The number of halogens is 2. The summed E-state index contributed by atoms with van der Waals surface area (Å²) in [5, 5.41) is 3.28. The highest BCUT2D eigenvalue weighted by molar-refractivity contribution is 6.52. The number of carbonyl (C=O) groups excluding carboxylic acids is 2. The third-order valence-electron chi connectivity index (χ3n) is 3.62. The van der Waals surface area contributed by atoms with Crippen LogP contribution in [-0.4, -0.2) is 31.1 Å². The Labute approximate surface area is 137 Å². The molecule has 22 heavy (non-hydrogen) atoms. The first-order valence-corrected chi connectivity index (χ1v) is 7.73. The summed E-state index contributed by atoms with van der Waals surface area (Å²) < 4.78 is 5.48. The van der Waals surface area contributed by atoms with Gasteiger partial charge in [-0.05, 0) is 31.0 Å². The average molecular weight is 341 g/mol. The van der Waals surface area contributed by atoms with Crippen molar-refractivity contribution < 1.29 is 14.3 Å². The van der Waals surface area contributed by atoms with Crippen LogP contribution in [0, 0.1) is 0 Å². The zero-order chi connectivity index (χ0) is 15.7. The normalized spacial score (nSPS) is 21.9. The van der Waals surface area contributed by atoms with E-state index in [9.17, 15) is 9.59 Å². The molecule has 1 atom stereocenters. The maximum Gasteiger partial charge on any atom is 0.283 e. The Morgan fingerprint density at radius 1 is 1.27 bits per heavy atom. The third-order valence-corrected chi connectivity index (χ3v) is 4.21. The molecule has 0 saturated carbocycles. The van der Waals surface area contributed by atoms with E-state index >= 15 is 0 Å². The first-order chi connectivity index (χ1) is 10.6. The summed E-state index contributed by atoms with van der Waals surface area (Å²) in [7, 11) is 0. The fourth-order valence-electron chi connectivity index (χ4n) is 2.53. The van der Waals surface area contributed by atoms with E-state index in [1.165, 1.54) is 0 Å². The molecule has 1 fully saturated rings. The molecule has 116 valence electrons. The Kier molecular flexibility index (Phi) is 4.38. The highest BCUT2D eigenvalue weighted by atomic mass is 35.5. The van der Waals surface area contributed by atoms with Gasteiger partial charge in [-0.15, -0.1) is 0 Å². The Bertz CT molecular complexity index is 654. The Morgan fingerprint density at radius 3 is 2.77 bits per heavy atom. The van der Waals surface area contributed by atoms with Crippen molar-refractivity contribution in [2.24, 2.45) is 0 Å². The monoisotopic (exact) mass is 340 g/mol. The minimum atomic E-state index is -0.552. The van der Waals surface area contributed by atoms with Crippen LogP contribution in [0.15, 0.2) is 35.0 Å². The standard InChI is InChI=1S/C15H14Cl2N2O3/c16-9-3-1-4-10(7-9)19-14(20)12(17)13(15(19)21)18-8-11-5-2-6-22-11/h1,3-4,7,11,18H,2,5-6,8H2. The van der Waals surface area contributed by atoms with E-state index in [0.29, 0.717) is 17.3 Å². The van der Waals surface area contributed by atoms with E-state index in [0.717, 1.165) is 24.3 Å².